The summed E-state index contributed by atoms with van der Waals surface area (Å²) in [6.07, 6.45) is 3.28. The Kier molecular flexibility index (Phi) is 7.76. The van der Waals surface area contributed by atoms with Gasteiger partial charge in [-0.25, -0.2) is 9.23 Å². The van der Waals surface area contributed by atoms with Crippen molar-refractivity contribution in [3.8, 4) is 0 Å². The van der Waals surface area contributed by atoms with Crippen molar-refractivity contribution in [2.75, 3.05) is 6.61 Å². The molecule has 8 atom stereocenters. The van der Waals surface area contributed by atoms with Gasteiger partial charge in [0.2, 0.25) is 5.78 Å². The second-order valence-electron chi connectivity index (χ2n) is 13.9. The molecule has 6 rings (SSSR count). The van der Waals surface area contributed by atoms with Gasteiger partial charge in [-0.1, -0.05) is 42.8 Å². The second-order valence-corrected chi connectivity index (χ2v) is 13.9. The van der Waals surface area contributed by atoms with Crippen LogP contribution in [0.1, 0.15) is 64.5 Å². The number of halogens is 1. The number of benzene rings is 1. The van der Waals surface area contributed by atoms with Crippen molar-refractivity contribution in [1.29, 1.82) is 0 Å². The SMILES string of the molecule is CC1(C)O[C@@H]2C[C@H]3C4CCC5=CC(=O)C=C[C@]5(C)[C@@]4(F)[C@@H](O)C[C@]3(C)[C@]2(C(=O)COC(=O)Cc2ccc(CON(O)O)cc2)O1. The molecule has 4 aliphatic carbocycles. The van der Waals surface area contributed by atoms with Gasteiger partial charge in [-0.05, 0) is 75.7 Å². The number of hydrogen-bond donors (Lipinski definition) is 3. The summed E-state index contributed by atoms with van der Waals surface area (Å²) in [7, 11) is 0. The number of ether oxygens (including phenoxy) is 3. The van der Waals surface area contributed by atoms with Crippen LogP contribution in [0.5, 0.6) is 0 Å². The summed E-state index contributed by atoms with van der Waals surface area (Å²) in [4.78, 5) is 43.8. The van der Waals surface area contributed by atoms with E-state index in [0.29, 0.717) is 36.0 Å². The van der Waals surface area contributed by atoms with Gasteiger partial charge < -0.3 is 19.3 Å². The number of hydrogen-bond acceptors (Lipinski definition) is 11. The predicted molar refractivity (Wildman–Crippen MR) is 153 cm³/mol. The fourth-order valence-corrected chi connectivity index (χ4v) is 9.17. The molecular formula is C33H40FNO10. The molecule has 0 amide bonds. The molecule has 244 valence electrons. The van der Waals surface area contributed by atoms with Crippen LogP contribution in [0.15, 0.2) is 48.1 Å². The summed E-state index contributed by atoms with van der Waals surface area (Å²) in [5, 5.41) is 28.7. The summed E-state index contributed by atoms with van der Waals surface area (Å²) in [5.41, 5.74) is -3.93. The van der Waals surface area contributed by atoms with E-state index in [2.05, 4.69) is 4.84 Å². The molecule has 5 aliphatic rings. The van der Waals surface area contributed by atoms with E-state index in [1.165, 1.54) is 12.2 Å². The van der Waals surface area contributed by atoms with Crippen molar-refractivity contribution in [2.24, 2.45) is 22.7 Å². The summed E-state index contributed by atoms with van der Waals surface area (Å²) >= 11 is 0. The van der Waals surface area contributed by atoms with Gasteiger partial charge in [0.15, 0.2) is 29.4 Å². The van der Waals surface area contributed by atoms with Crippen LogP contribution >= 0.6 is 0 Å². The lowest BCUT2D eigenvalue weighted by Gasteiger charge is -2.62. The first kappa shape index (κ1) is 32.1. The van der Waals surface area contributed by atoms with Gasteiger partial charge in [-0.2, -0.15) is 0 Å². The van der Waals surface area contributed by atoms with Crippen molar-refractivity contribution in [2.45, 2.75) is 95.7 Å². The van der Waals surface area contributed by atoms with Gasteiger partial charge in [-0.15, -0.1) is 0 Å². The molecule has 4 fully saturated rings. The quantitative estimate of drug-likeness (QED) is 0.285. The van der Waals surface area contributed by atoms with E-state index in [0.717, 1.165) is 0 Å². The molecule has 1 aromatic rings. The predicted octanol–water partition coefficient (Wildman–Crippen LogP) is 3.72. The number of Topliss-reactive ketones (excluding diaryl/α,β-unsaturated/α-hetero) is 1. The smallest absolute Gasteiger partial charge is 0.310 e. The van der Waals surface area contributed by atoms with E-state index < -0.39 is 64.4 Å². The monoisotopic (exact) mass is 629 g/mol. The summed E-state index contributed by atoms with van der Waals surface area (Å²) in [6, 6.07) is 6.61. The zero-order valence-electron chi connectivity index (χ0n) is 25.8. The fraction of sp³-hybridized carbons (Fsp3) is 0.606. The van der Waals surface area contributed by atoms with Crippen LogP contribution in [0.4, 0.5) is 4.39 Å². The summed E-state index contributed by atoms with van der Waals surface area (Å²) in [5.74, 6) is -3.48. The van der Waals surface area contributed by atoms with Gasteiger partial charge in [0.05, 0.1) is 30.6 Å². The third kappa shape index (κ3) is 4.84. The van der Waals surface area contributed by atoms with Gasteiger partial charge in [0.25, 0.3) is 0 Å². The number of fused-ring (bicyclic) bond motifs is 7. The van der Waals surface area contributed by atoms with E-state index in [4.69, 9.17) is 24.6 Å². The lowest BCUT2D eigenvalue weighted by Crippen LogP contribution is -2.70. The Hall–Kier alpha value is -2.84. The minimum Gasteiger partial charge on any atom is -0.457 e. The molecule has 1 saturated heterocycles. The number of carbonyl (C=O) groups is 3. The Labute approximate surface area is 260 Å². The highest BCUT2D eigenvalue weighted by molar-refractivity contribution is 6.01. The van der Waals surface area contributed by atoms with E-state index >= 15 is 4.39 Å². The third-order valence-corrected chi connectivity index (χ3v) is 11.1. The van der Waals surface area contributed by atoms with Crippen molar-refractivity contribution < 1.29 is 53.3 Å². The van der Waals surface area contributed by atoms with Crippen LogP contribution in [0.25, 0.3) is 0 Å². The first-order valence-corrected chi connectivity index (χ1v) is 15.3. The lowest BCUT2D eigenvalue weighted by atomic mass is 9.44. The highest BCUT2D eigenvalue weighted by Crippen LogP contribution is 2.72. The average Bonchev–Trinajstić information content (AvgIpc) is 3.38. The molecule has 0 spiro atoms. The maximum Gasteiger partial charge on any atom is 0.310 e. The third-order valence-electron chi connectivity index (χ3n) is 11.1. The Bertz CT molecular complexity index is 1460. The van der Waals surface area contributed by atoms with Crippen LogP contribution in [0.3, 0.4) is 0 Å². The number of aliphatic hydroxyl groups is 1. The first-order chi connectivity index (χ1) is 21.1. The van der Waals surface area contributed by atoms with Crippen molar-refractivity contribution in [1.82, 2.24) is 5.39 Å². The molecular weight excluding hydrogens is 589 g/mol. The topological polar surface area (TPSA) is 152 Å². The largest absolute Gasteiger partial charge is 0.457 e. The minimum absolute atomic E-state index is 0.0780. The number of nitrogens with zero attached hydrogens (tertiary/aromatic N) is 1. The van der Waals surface area contributed by atoms with Crippen molar-refractivity contribution >= 4 is 17.5 Å². The van der Waals surface area contributed by atoms with Crippen molar-refractivity contribution in [3.63, 3.8) is 0 Å². The molecule has 0 radical (unpaired) electrons. The van der Waals surface area contributed by atoms with Gasteiger partial charge in [0, 0.05) is 16.7 Å². The number of aliphatic hydroxyl groups excluding tert-OH is 1. The molecule has 0 aromatic heterocycles. The second kappa shape index (κ2) is 10.9. The number of rotatable bonds is 8. The first-order valence-electron chi connectivity index (χ1n) is 15.3. The molecule has 3 saturated carbocycles. The van der Waals surface area contributed by atoms with Gasteiger partial charge in [0.1, 0.15) is 0 Å². The minimum atomic E-state index is -2.07. The van der Waals surface area contributed by atoms with E-state index in [-0.39, 0.29) is 36.5 Å². The molecule has 1 heterocycles. The summed E-state index contributed by atoms with van der Waals surface area (Å²) in [6.45, 7) is 6.34. The zero-order chi connectivity index (χ0) is 32.6. The number of alkyl halides is 1. The molecule has 1 aromatic carbocycles. The molecule has 1 unspecified atom stereocenters. The molecule has 45 heavy (non-hydrogen) atoms. The molecule has 1 aliphatic heterocycles. The van der Waals surface area contributed by atoms with E-state index in [1.54, 1.807) is 51.1 Å². The van der Waals surface area contributed by atoms with Gasteiger partial charge in [-0.3, -0.25) is 24.8 Å². The highest BCUT2D eigenvalue weighted by atomic mass is 19.1. The molecule has 12 heteroatoms. The standard InChI is InChI=1S/C33H40FNO10/c1-29(2)44-27-15-24-23-10-9-21-14-22(36)11-12-30(21,3)32(23,34)25(37)16-31(24,4)33(27,45-29)26(38)18-42-28(39)13-19-5-7-20(8-6-19)17-43-35(40)41/h5-8,11-12,14,23-25,27,37,40-41H,9-10,13,15-18H2,1-4H3/t23?,24-,25-,27+,30-,31-,32-,33+/m0/s1. The molecule has 3 N–H and O–H groups in total. The van der Waals surface area contributed by atoms with Crippen molar-refractivity contribution in [3.05, 3.63) is 59.2 Å². The van der Waals surface area contributed by atoms with Gasteiger partial charge >= 0.3 is 5.97 Å². The Morgan fingerprint density at radius 3 is 2.47 bits per heavy atom. The molecule has 0 bridgehead atoms. The maximum atomic E-state index is 17.6. The number of ketones is 2. The van der Waals surface area contributed by atoms with Crippen LogP contribution in [0.2, 0.25) is 0 Å². The number of allylic oxidation sites excluding steroid dienone is 4. The van der Waals surface area contributed by atoms with Crippen LogP contribution in [-0.2, 0) is 46.5 Å². The Morgan fingerprint density at radius 2 is 1.78 bits per heavy atom. The average molecular weight is 630 g/mol. The highest BCUT2D eigenvalue weighted by Gasteiger charge is 2.80. The maximum absolute atomic E-state index is 17.6. The Balaban J connectivity index is 1.22. The zero-order valence-corrected chi connectivity index (χ0v) is 25.8. The number of carbonyl (C=O) groups excluding carboxylic acids is 3. The fourth-order valence-electron chi connectivity index (χ4n) is 9.17. The molecule has 11 nitrogen and oxygen atoms in total. The Morgan fingerprint density at radius 1 is 1.09 bits per heavy atom. The van der Waals surface area contributed by atoms with Crippen LogP contribution < -0.4 is 0 Å². The normalized spacial score (nSPS) is 39.5. The van der Waals surface area contributed by atoms with E-state index in [9.17, 15) is 19.5 Å². The lowest BCUT2D eigenvalue weighted by molar-refractivity contribution is -0.497. The number of esters is 1. The van der Waals surface area contributed by atoms with E-state index in [1.807, 2.05) is 6.92 Å². The van der Waals surface area contributed by atoms with Crippen LogP contribution in [0, 0.1) is 22.7 Å². The summed E-state index contributed by atoms with van der Waals surface area (Å²) < 4.78 is 35.8. The van der Waals surface area contributed by atoms with Crippen LogP contribution in [-0.4, -0.2) is 74.3 Å².